The van der Waals surface area contributed by atoms with Crippen LogP contribution in [0.2, 0.25) is 0 Å². The normalized spacial score (nSPS) is 27.1. The zero-order valence-electron chi connectivity index (χ0n) is 10.9. The quantitative estimate of drug-likeness (QED) is 0.707. The molecule has 6 heteroatoms. The Hall–Kier alpha value is -0.170. The zero-order valence-corrected chi connectivity index (χ0v) is 11.7. The van der Waals surface area contributed by atoms with Gasteiger partial charge in [0.05, 0.1) is 5.25 Å². The first kappa shape index (κ1) is 14.2. The highest BCUT2D eigenvalue weighted by atomic mass is 32.2. The predicted octanol–water partition coefficient (Wildman–Crippen LogP) is 0.259. The molecule has 0 amide bonds. The van der Waals surface area contributed by atoms with Gasteiger partial charge in [0.15, 0.2) is 0 Å². The van der Waals surface area contributed by atoms with Crippen LogP contribution < -0.4 is 0 Å². The molecule has 0 aromatic carbocycles. The minimum Gasteiger partial charge on any atom is -0.396 e. The van der Waals surface area contributed by atoms with Crippen molar-refractivity contribution >= 4 is 10.0 Å². The third kappa shape index (κ3) is 3.23. The van der Waals surface area contributed by atoms with E-state index in [4.69, 9.17) is 5.11 Å². The van der Waals surface area contributed by atoms with E-state index >= 15 is 0 Å². The summed E-state index contributed by atoms with van der Waals surface area (Å²) in [6.45, 7) is 4.11. The van der Waals surface area contributed by atoms with E-state index in [1.54, 1.807) is 4.31 Å². The fraction of sp³-hybridized carbons (Fsp3) is 1.00. The fourth-order valence-corrected chi connectivity index (χ4v) is 4.84. The van der Waals surface area contributed by atoms with E-state index in [2.05, 4.69) is 4.90 Å². The molecular weight excluding hydrogens is 252 g/mol. The monoisotopic (exact) mass is 276 g/mol. The van der Waals surface area contributed by atoms with E-state index in [0.29, 0.717) is 19.6 Å². The summed E-state index contributed by atoms with van der Waals surface area (Å²) in [5, 5.41) is 8.54. The number of hydrogen-bond acceptors (Lipinski definition) is 4. The molecule has 1 atom stereocenters. The van der Waals surface area contributed by atoms with Crippen molar-refractivity contribution in [3.05, 3.63) is 0 Å². The number of hydrogen-bond donors (Lipinski definition) is 1. The summed E-state index contributed by atoms with van der Waals surface area (Å²) < 4.78 is 26.4. The third-order valence-electron chi connectivity index (χ3n) is 3.96. The van der Waals surface area contributed by atoms with Crippen LogP contribution in [0, 0.1) is 0 Å². The minimum absolute atomic E-state index is 0.204. The summed E-state index contributed by atoms with van der Waals surface area (Å²) in [6, 6.07) is 0. The topological polar surface area (TPSA) is 60.9 Å². The lowest BCUT2D eigenvalue weighted by molar-refractivity contribution is 0.263. The molecule has 0 aromatic heterocycles. The van der Waals surface area contributed by atoms with Gasteiger partial charge in [-0.15, -0.1) is 0 Å². The minimum atomic E-state index is -3.06. The Labute approximate surface area is 110 Å². The van der Waals surface area contributed by atoms with Crippen LogP contribution in [0.4, 0.5) is 0 Å². The van der Waals surface area contributed by atoms with Gasteiger partial charge in [0.1, 0.15) is 0 Å². The van der Waals surface area contributed by atoms with E-state index < -0.39 is 10.0 Å². The van der Waals surface area contributed by atoms with E-state index in [0.717, 1.165) is 45.2 Å². The number of rotatable bonds is 6. The van der Waals surface area contributed by atoms with Crippen LogP contribution in [0.3, 0.4) is 0 Å². The van der Waals surface area contributed by atoms with Gasteiger partial charge < -0.3 is 10.0 Å². The van der Waals surface area contributed by atoms with Crippen molar-refractivity contribution < 1.29 is 13.5 Å². The number of sulfonamides is 1. The summed E-state index contributed by atoms with van der Waals surface area (Å²) in [6.07, 6.45) is 4.53. The van der Waals surface area contributed by atoms with E-state index in [1.165, 1.54) is 0 Å². The predicted molar refractivity (Wildman–Crippen MR) is 70.9 cm³/mol. The van der Waals surface area contributed by atoms with Gasteiger partial charge in [0.2, 0.25) is 10.0 Å². The molecular formula is C12H24N2O3S. The van der Waals surface area contributed by atoms with Crippen LogP contribution in [0.15, 0.2) is 0 Å². The molecule has 2 rings (SSSR count). The van der Waals surface area contributed by atoms with E-state index in [1.807, 2.05) is 0 Å². The number of aliphatic hydroxyl groups excluding tert-OH is 1. The SMILES string of the molecule is O=S(=O)(C1CCN(CCCCO)C1)N1CCCC1. The number of likely N-dealkylation sites (tertiary alicyclic amines) is 1. The van der Waals surface area contributed by atoms with Crippen molar-refractivity contribution in [2.75, 3.05) is 39.3 Å². The zero-order chi connectivity index (χ0) is 13.0. The van der Waals surface area contributed by atoms with Gasteiger partial charge >= 0.3 is 0 Å². The summed E-state index contributed by atoms with van der Waals surface area (Å²) in [5.41, 5.74) is 0. The number of nitrogens with zero attached hydrogens (tertiary/aromatic N) is 2. The lowest BCUT2D eigenvalue weighted by Crippen LogP contribution is -2.38. The third-order valence-corrected chi connectivity index (χ3v) is 6.27. The van der Waals surface area contributed by atoms with E-state index in [-0.39, 0.29) is 11.9 Å². The molecule has 5 nitrogen and oxygen atoms in total. The first-order chi connectivity index (χ1) is 8.64. The maximum atomic E-state index is 12.4. The van der Waals surface area contributed by atoms with Crippen LogP contribution in [-0.2, 0) is 10.0 Å². The van der Waals surface area contributed by atoms with Crippen LogP contribution >= 0.6 is 0 Å². The molecule has 2 aliphatic heterocycles. The standard InChI is InChI=1S/C12H24N2O3S/c15-10-4-3-6-13-9-5-12(11-13)18(16,17)14-7-1-2-8-14/h12,15H,1-11H2. The maximum absolute atomic E-state index is 12.4. The highest BCUT2D eigenvalue weighted by Gasteiger charge is 2.37. The second kappa shape index (κ2) is 6.32. The Morgan fingerprint density at radius 3 is 2.50 bits per heavy atom. The molecule has 0 radical (unpaired) electrons. The summed E-state index contributed by atoms with van der Waals surface area (Å²) in [4.78, 5) is 2.22. The molecule has 106 valence electrons. The highest BCUT2D eigenvalue weighted by molar-refractivity contribution is 7.89. The van der Waals surface area contributed by atoms with Crippen LogP contribution in [0.25, 0.3) is 0 Å². The van der Waals surface area contributed by atoms with Crippen LogP contribution in [0.5, 0.6) is 0 Å². The molecule has 2 fully saturated rings. The number of unbranched alkanes of at least 4 members (excludes halogenated alkanes) is 1. The van der Waals surface area contributed by atoms with Crippen molar-refractivity contribution in [3.63, 3.8) is 0 Å². The second-order valence-corrected chi connectivity index (χ2v) is 7.51. The first-order valence-corrected chi connectivity index (χ1v) is 8.47. The second-order valence-electron chi connectivity index (χ2n) is 5.29. The molecule has 2 saturated heterocycles. The Morgan fingerprint density at radius 2 is 1.83 bits per heavy atom. The molecule has 18 heavy (non-hydrogen) atoms. The molecule has 2 aliphatic rings. The largest absolute Gasteiger partial charge is 0.396 e. The van der Waals surface area contributed by atoms with Crippen LogP contribution in [0.1, 0.15) is 32.1 Å². The van der Waals surface area contributed by atoms with Gasteiger partial charge in [0, 0.05) is 26.2 Å². The van der Waals surface area contributed by atoms with Crippen molar-refractivity contribution in [2.45, 2.75) is 37.4 Å². The van der Waals surface area contributed by atoms with Crippen molar-refractivity contribution in [1.82, 2.24) is 9.21 Å². The molecule has 0 bridgehead atoms. The first-order valence-electron chi connectivity index (χ1n) is 6.97. The average Bonchev–Trinajstić information content (AvgIpc) is 3.01. The van der Waals surface area contributed by atoms with Crippen molar-refractivity contribution in [1.29, 1.82) is 0 Å². The van der Waals surface area contributed by atoms with Gasteiger partial charge in [-0.3, -0.25) is 0 Å². The summed E-state index contributed by atoms with van der Waals surface area (Å²) in [5.74, 6) is 0. The Kier molecular flexibility index (Phi) is 5.00. The van der Waals surface area contributed by atoms with Gasteiger partial charge in [-0.1, -0.05) is 0 Å². The molecule has 2 heterocycles. The van der Waals surface area contributed by atoms with Gasteiger partial charge in [-0.2, -0.15) is 0 Å². The lowest BCUT2D eigenvalue weighted by Gasteiger charge is -2.21. The molecule has 0 spiro atoms. The fourth-order valence-electron chi connectivity index (χ4n) is 2.84. The van der Waals surface area contributed by atoms with Crippen molar-refractivity contribution in [2.24, 2.45) is 0 Å². The van der Waals surface area contributed by atoms with Crippen LogP contribution in [-0.4, -0.2) is 67.3 Å². The average molecular weight is 276 g/mol. The van der Waals surface area contributed by atoms with Crippen molar-refractivity contribution in [3.8, 4) is 0 Å². The summed E-state index contributed by atoms with van der Waals surface area (Å²) in [7, 11) is -3.06. The molecule has 0 aliphatic carbocycles. The highest BCUT2D eigenvalue weighted by Crippen LogP contribution is 2.23. The Balaban J connectivity index is 1.84. The summed E-state index contributed by atoms with van der Waals surface area (Å²) >= 11 is 0. The van der Waals surface area contributed by atoms with Gasteiger partial charge in [0.25, 0.3) is 0 Å². The van der Waals surface area contributed by atoms with E-state index in [9.17, 15) is 8.42 Å². The lowest BCUT2D eigenvalue weighted by atomic mass is 10.3. The number of aliphatic hydroxyl groups is 1. The Morgan fingerprint density at radius 1 is 1.11 bits per heavy atom. The molecule has 1 N–H and O–H groups in total. The van der Waals surface area contributed by atoms with Gasteiger partial charge in [-0.25, -0.2) is 12.7 Å². The molecule has 0 saturated carbocycles. The molecule has 0 aromatic rings. The maximum Gasteiger partial charge on any atom is 0.218 e. The van der Waals surface area contributed by atoms with Gasteiger partial charge in [-0.05, 0) is 45.2 Å². The molecule has 1 unspecified atom stereocenters. The smallest absolute Gasteiger partial charge is 0.218 e. The Bertz CT molecular complexity index is 352.